The van der Waals surface area contributed by atoms with Crippen LogP contribution in [0.5, 0.6) is 5.75 Å². The van der Waals surface area contributed by atoms with Crippen LogP contribution in [-0.2, 0) is 9.59 Å². The van der Waals surface area contributed by atoms with E-state index in [-0.39, 0.29) is 25.0 Å². The van der Waals surface area contributed by atoms with Gasteiger partial charge in [0.1, 0.15) is 5.75 Å². The van der Waals surface area contributed by atoms with Crippen molar-refractivity contribution in [3.63, 3.8) is 0 Å². The van der Waals surface area contributed by atoms with Crippen LogP contribution in [0.15, 0.2) is 47.8 Å². The van der Waals surface area contributed by atoms with E-state index in [9.17, 15) is 9.59 Å². The molecule has 0 atom stereocenters. The maximum absolute atomic E-state index is 12.1. The molecule has 0 bridgehead atoms. The van der Waals surface area contributed by atoms with Crippen LogP contribution in [0.1, 0.15) is 16.7 Å². The van der Waals surface area contributed by atoms with Crippen LogP contribution in [0, 0.1) is 20.8 Å². The molecule has 0 unspecified atom stereocenters. The molecular weight excluding hydrogens is 386 g/mol. The molecule has 0 aliphatic rings. The minimum Gasteiger partial charge on any atom is -0.484 e. The Morgan fingerprint density at radius 2 is 1.72 bits per heavy atom. The average molecular weight is 410 g/mol. The Balaban J connectivity index is 1.50. The number of hydrogen-bond acceptors (Lipinski definition) is 5. The molecule has 3 aromatic rings. The number of aryl methyl sites for hydroxylation is 3. The van der Waals surface area contributed by atoms with Crippen molar-refractivity contribution in [3.05, 3.63) is 64.5 Å². The monoisotopic (exact) mass is 409 g/mol. The minimum absolute atomic E-state index is 0.144. The molecule has 0 saturated heterocycles. The standard InChI is InChI=1S/C22H23N3O3S/c1-14-9-16(3)18(10-15(14)2)19-13-29-22(24-19)25-20(26)11-23-21(27)12-28-17-7-5-4-6-8-17/h4-10,13H,11-12H2,1-3H3,(H,23,27)(H,24,25,26). The summed E-state index contributed by atoms with van der Waals surface area (Å²) in [5.74, 6) is -0.102. The third kappa shape index (κ3) is 5.65. The van der Waals surface area contributed by atoms with Crippen LogP contribution >= 0.6 is 11.3 Å². The number of anilines is 1. The SMILES string of the molecule is Cc1cc(C)c(-c2csc(NC(=O)CNC(=O)COc3ccccc3)n2)cc1C. The molecule has 150 valence electrons. The van der Waals surface area contributed by atoms with Gasteiger partial charge in [-0.3, -0.25) is 9.59 Å². The first-order valence-corrected chi connectivity index (χ1v) is 10.1. The number of nitrogens with one attached hydrogen (secondary N) is 2. The summed E-state index contributed by atoms with van der Waals surface area (Å²) >= 11 is 1.35. The van der Waals surface area contributed by atoms with Crippen LogP contribution in [-0.4, -0.2) is 29.9 Å². The quantitative estimate of drug-likeness (QED) is 0.621. The van der Waals surface area contributed by atoms with E-state index in [1.54, 1.807) is 12.1 Å². The van der Waals surface area contributed by atoms with Gasteiger partial charge in [-0.2, -0.15) is 0 Å². The fraction of sp³-hybridized carbons (Fsp3) is 0.227. The van der Waals surface area contributed by atoms with E-state index < -0.39 is 0 Å². The summed E-state index contributed by atoms with van der Waals surface area (Å²) in [5, 5.41) is 7.67. The molecule has 6 nitrogen and oxygen atoms in total. The molecule has 1 aromatic heterocycles. The number of nitrogens with zero attached hydrogens (tertiary/aromatic N) is 1. The van der Waals surface area contributed by atoms with Gasteiger partial charge in [0.15, 0.2) is 11.7 Å². The number of hydrogen-bond donors (Lipinski definition) is 2. The molecule has 0 aliphatic carbocycles. The molecule has 0 spiro atoms. The van der Waals surface area contributed by atoms with Gasteiger partial charge in [-0.15, -0.1) is 11.3 Å². The van der Waals surface area contributed by atoms with Crippen LogP contribution in [0.3, 0.4) is 0 Å². The van der Waals surface area contributed by atoms with E-state index in [0.717, 1.165) is 16.8 Å². The molecule has 2 N–H and O–H groups in total. The number of carbonyl (C=O) groups excluding carboxylic acids is 2. The molecule has 3 rings (SSSR count). The lowest BCUT2D eigenvalue weighted by Crippen LogP contribution is -2.35. The van der Waals surface area contributed by atoms with Gasteiger partial charge in [-0.25, -0.2) is 4.98 Å². The Morgan fingerprint density at radius 3 is 2.48 bits per heavy atom. The Hall–Kier alpha value is -3.19. The second kappa shape index (κ2) is 9.34. The summed E-state index contributed by atoms with van der Waals surface area (Å²) in [4.78, 5) is 28.4. The molecular formula is C22H23N3O3S. The van der Waals surface area contributed by atoms with Crippen molar-refractivity contribution in [1.82, 2.24) is 10.3 Å². The first kappa shape index (κ1) is 20.5. The van der Waals surface area contributed by atoms with Gasteiger partial charge in [0.2, 0.25) is 5.91 Å². The minimum atomic E-state index is -0.366. The Labute approximate surface area is 173 Å². The van der Waals surface area contributed by atoms with E-state index in [2.05, 4.69) is 41.6 Å². The van der Waals surface area contributed by atoms with Crippen molar-refractivity contribution in [3.8, 4) is 17.0 Å². The summed E-state index contributed by atoms with van der Waals surface area (Å²) in [5.41, 5.74) is 5.45. The van der Waals surface area contributed by atoms with Gasteiger partial charge in [0.25, 0.3) is 5.91 Å². The summed E-state index contributed by atoms with van der Waals surface area (Å²) in [6, 6.07) is 13.3. The zero-order valence-electron chi connectivity index (χ0n) is 16.6. The summed E-state index contributed by atoms with van der Waals surface area (Å²) in [7, 11) is 0. The van der Waals surface area contributed by atoms with Crippen molar-refractivity contribution in [2.45, 2.75) is 20.8 Å². The summed E-state index contributed by atoms with van der Waals surface area (Å²) < 4.78 is 5.35. The topological polar surface area (TPSA) is 80.3 Å². The van der Waals surface area contributed by atoms with Crippen molar-refractivity contribution < 1.29 is 14.3 Å². The predicted molar refractivity (Wildman–Crippen MR) is 115 cm³/mol. The van der Waals surface area contributed by atoms with Crippen molar-refractivity contribution in [1.29, 1.82) is 0 Å². The van der Waals surface area contributed by atoms with E-state index >= 15 is 0 Å². The highest BCUT2D eigenvalue weighted by Gasteiger charge is 2.12. The Bertz CT molecular complexity index is 1020. The van der Waals surface area contributed by atoms with Crippen molar-refractivity contribution in [2.75, 3.05) is 18.5 Å². The van der Waals surface area contributed by atoms with Crippen LogP contribution < -0.4 is 15.4 Å². The molecule has 0 aliphatic heterocycles. The number of carbonyl (C=O) groups is 2. The van der Waals surface area contributed by atoms with Gasteiger partial charge in [-0.05, 0) is 55.7 Å². The van der Waals surface area contributed by atoms with Gasteiger partial charge in [0.05, 0.1) is 12.2 Å². The highest BCUT2D eigenvalue weighted by molar-refractivity contribution is 7.14. The number of aromatic nitrogens is 1. The van der Waals surface area contributed by atoms with Gasteiger partial charge >= 0.3 is 0 Å². The highest BCUT2D eigenvalue weighted by Crippen LogP contribution is 2.29. The first-order chi connectivity index (χ1) is 13.9. The zero-order chi connectivity index (χ0) is 20.8. The molecule has 1 heterocycles. The molecule has 2 aromatic carbocycles. The maximum atomic E-state index is 12.1. The third-order valence-electron chi connectivity index (χ3n) is 4.43. The highest BCUT2D eigenvalue weighted by atomic mass is 32.1. The lowest BCUT2D eigenvalue weighted by atomic mass is 9.99. The lowest BCUT2D eigenvalue weighted by molar-refractivity contribution is -0.125. The Kier molecular flexibility index (Phi) is 6.61. The molecule has 0 radical (unpaired) electrons. The second-order valence-electron chi connectivity index (χ2n) is 6.72. The molecule has 29 heavy (non-hydrogen) atoms. The number of amides is 2. The number of ether oxygens (including phenoxy) is 1. The summed E-state index contributed by atoms with van der Waals surface area (Å²) in [6.45, 7) is 5.90. The average Bonchev–Trinajstić information content (AvgIpc) is 3.16. The normalized spacial score (nSPS) is 10.4. The van der Waals surface area contributed by atoms with Crippen molar-refractivity contribution >= 4 is 28.3 Å². The van der Waals surface area contributed by atoms with Crippen LogP contribution in [0.2, 0.25) is 0 Å². The lowest BCUT2D eigenvalue weighted by Gasteiger charge is -2.08. The fourth-order valence-electron chi connectivity index (χ4n) is 2.75. The van der Waals surface area contributed by atoms with Gasteiger partial charge in [0, 0.05) is 10.9 Å². The van der Waals surface area contributed by atoms with Crippen LogP contribution in [0.4, 0.5) is 5.13 Å². The number of thiazole rings is 1. The Morgan fingerprint density at radius 1 is 1.00 bits per heavy atom. The van der Waals surface area contributed by atoms with Crippen LogP contribution in [0.25, 0.3) is 11.3 Å². The van der Waals surface area contributed by atoms with E-state index in [1.165, 1.54) is 22.5 Å². The molecule has 7 heteroatoms. The summed E-state index contributed by atoms with van der Waals surface area (Å²) in [6.07, 6.45) is 0. The number of rotatable bonds is 7. The predicted octanol–water partition coefficient (Wildman–Crippen LogP) is 3.87. The van der Waals surface area contributed by atoms with E-state index in [0.29, 0.717) is 10.9 Å². The largest absolute Gasteiger partial charge is 0.484 e. The molecule has 0 saturated carbocycles. The van der Waals surface area contributed by atoms with E-state index in [1.807, 2.05) is 30.5 Å². The van der Waals surface area contributed by atoms with Gasteiger partial charge < -0.3 is 15.4 Å². The molecule has 2 amide bonds. The number of para-hydroxylation sites is 1. The van der Waals surface area contributed by atoms with Crippen molar-refractivity contribution in [2.24, 2.45) is 0 Å². The maximum Gasteiger partial charge on any atom is 0.258 e. The third-order valence-corrected chi connectivity index (χ3v) is 5.18. The van der Waals surface area contributed by atoms with Gasteiger partial charge in [-0.1, -0.05) is 24.3 Å². The second-order valence-corrected chi connectivity index (χ2v) is 7.57. The fourth-order valence-corrected chi connectivity index (χ4v) is 3.48. The number of benzene rings is 2. The molecule has 0 fully saturated rings. The zero-order valence-corrected chi connectivity index (χ0v) is 17.4. The smallest absolute Gasteiger partial charge is 0.258 e. The first-order valence-electron chi connectivity index (χ1n) is 9.20. The van der Waals surface area contributed by atoms with E-state index in [4.69, 9.17) is 4.74 Å².